The summed E-state index contributed by atoms with van der Waals surface area (Å²) in [4.78, 5) is 18.1. The van der Waals surface area contributed by atoms with Crippen LogP contribution >= 0.6 is 11.3 Å². The molecule has 8 heteroatoms. The van der Waals surface area contributed by atoms with Gasteiger partial charge in [-0.15, -0.1) is 16.4 Å². The Bertz CT molecular complexity index is 1010. The molecule has 0 saturated carbocycles. The van der Waals surface area contributed by atoms with Gasteiger partial charge >= 0.3 is 0 Å². The molecule has 0 saturated heterocycles. The molecule has 0 aliphatic heterocycles. The Balaban J connectivity index is 2.09. The molecule has 0 amide bonds. The van der Waals surface area contributed by atoms with Crippen molar-refractivity contribution in [2.45, 2.75) is 19.9 Å². The number of imidazole rings is 1. The smallest absolute Gasteiger partial charge is 0.285 e. The van der Waals surface area contributed by atoms with E-state index in [9.17, 15) is 4.79 Å². The first kappa shape index (κ1) is 13.9. The standard InChI is InChI=1S/C15H14N6OS/c1-9(2)20-13(12-4-3-5-23-12)19-21-11(10-6-17-18-7-10)8-16-14(21)15(20)22/h3-9H,1-2H3,(H,17,18). The highest BCUT2D eigenvalue weighted by atomic mass is 32.1. The zero-order valence-electron chi connectivity index (χ0n) is 12.6. The number of nitrogens with one attached hydrogen (secondary N) is 1. The van der Waals surface area contributed by atoms with Gasteiger partial charge in [-0.25, -0.2) is 9.50 Å². The van der Waals surface area contributed by atoms with Crippen molar-refractivity contribution in [2.75, 3.05) is 0 Å². The van der Waals surface area contributed by atoms with Crippen LogP contribution in [0.3, 0.4) is 0 Å². The van der Waals surface area contributed by atoms with Crippen molar-refractivity contribution in [3.05, 3.63) is 46.5 Å². The van der Waals surface area contributed by atoms with Crippen LogP contribution in [0.4, 0.5) is 0 Å². The second-order valence-electron chi connectivity index (χ2n) is 5.44. The first-order valence-corrected chi connectivity index (χ1v) is 8.08. The summed E-state index contributed by atoms with van der Waals surface area (Å²) in [5.74, 6) is 0.648. The monoisotopic (exact) mass is 326 g/mol. The average molecular weight is 326 g/mol. The molecular formula is C15H14N6OS. The fourth-order valence-electron chi connectivity index (χ4n) is 2.58. The van der Waals surface area contributed by atoms with E-state index in [2.05, 4.69) is 15.2 Å². The number of aromatic amines is 1. The lowest BCUT2D eigenvalue weighted by atomic mass is 10.3. The average Bonchev–Trinajstić information content (AvgIpc) is 3.27. The second-order valence-corrected chi connectivity index (χ2v) is 6.38. The number of hydrogen-bond donors (Lipinski definition) is 1. The normalized spacial score (nSPS) is 11.6. The SMILES string of the molecule is CC(C)n1c(-c2cccs2)nn2c(-c3cn[nH]c3)cnc2c1=O. The van der Waals surface area contributed by atoms with E-state index >= 15 is 0 Å². The molecule has 4 rings (SSSR count). The van der Waals surface area contributed by atoms with E-state index in [1.165, 1.54) is 0 Å². The van der Waals surface area contributed by atoms with E-state index in [-0.39, 0.29) is 11.6 Å². The van der Waals surface area contributed by atoms with Crippen LogP contribution in [-0.2, 0) is 0 Å². The van der Waals surface area contributed by atoms with Crippen LogP contribution < -0.4 is 5.56 Å². The molecular weight excluding hydrogens is 312 g/mol. The number of rotatable bonds is 3. The quantitative estimate of drug-likeness (QED) is 0.627. The molecule has 0 aliphatic rings. The number of thiophene rings is 1. The van der Waals surface area contributed by atoms with Crippen molar-refractivity contribution in [3.8, 4) is 22.0 Å². The fourth-order valence-corrected chi connectivity index (χ4v) is 3.29. The maximum absolute atomic E-state index is 12.9. The van der Waals surface area contributed by atoms with Gasteiger partial charge in [0.2, 0.25) is 5.65 Å². The maximum Gasteiger partial charge on any atom is 0.297 e. The van der Waals surface area contributed by atoms with Crippen molar-refractivity contribution in [1.29, 1.82) is 0 Å². The minimum atomic E-state index is -0.145. The molecule has 4 heterocycles. The summed E-state index contributed by atoms with van der Waals surface area (Å²) in [6.07, 6.45) is 5.09. The lowest BCUT2D eigenvalue weighted by molar-refractivity contribution is 0.567. The fraction of sp³-hybridized carbons (Fsp3) is 0.200. The molecule has 0 fully saturated rings. The van der Waals surface area contributed by atoms with Crippen LogP contribution in [0.2, 0.25) is 0 Å². The van der Waals surface area contributed by atoms with Crippen molar-refractivity contribution in [1.82, 2.24) is 29.4 Å². The van der Waals surface area contributed by atoms with Gasteiger partial charge in [0.25, 0.3) is 5.56 Å². The van der Waals surface area contributed by atoms with E-state index in [0.717, 1.165) is 16.1 Å². The first-order chi connectivity index (χ1) is 11.2. The van der Waals surface area contributed by atoms with Crippen LogP contribution in [0, 0.1) is 0 Å². The van der Waals surface area contributed by atoms with Gasteiger partial charge in [0.1, 0.15) is 0 Å². The van der Waals surface area contributed by atoms with Gasteiger partial charge in [-0.1, -0.05) is 6.07 Å². The Morgan fingerprint density at radius 3 is 2.83 bits per heavy atom. The highest BCUT2D eigenvalue weighted by Crippen LogP contribution is 2.25. The third-order valence-corrected chi connectivity index (χ3v) is 4.49. The van der Waals surface area contributed by atoms with Gasteiger partial charge < -0.3 is 0 Å². The number of nitrogens with zero attached hydrogens (tertiary/aromatic N) is 5. The molecule has 0 unspecified atom stereocenters. The summed E-state index contributed by atoms with van der Waals surface area (Å²) in [5.41, 5.74) is 1.74. The minimum Gasteiger partial charge on any atom is -0.285 e. The molecule has 1 N–H and O–H groups in total. The van der Waals surface area contributed by atoms with Gasteiger partial charge in [0, 0.05) is 17.8 Å². The predicted molar refractivity (Wildman–Crippen MR) is 88.5 cm³/mol. The molecule has 4 aromatic heterocycles. The molecule has 0 spiro atoms. The summed E-state index contributed by atoms with van der Waals surface area (Å²) in [5, 5.41) is 13.4. The van der Waals surface area contributed by atoms with Crippen molar-refractivity contribution < 1.29 is 0 Å². The van der Waals surface area contributed by atoms with E-state index in [4.69, 9.17) is 5.10 Å². The van der Waals surface area contributed by atoms with Crippen LogP contribution in [0.25, 0.3) is 27.6 Å². The van der Waals surface area contributed by atoms with Crippen LogP contribution in [0.1, 0.15) is 19.9 Å². The van der Waals surface area contributed by atoms with Crippen LogP contribution in [0.5, 0.6) is 0 Å². The zero-order chi connectivity index (χ0) is 16.0. The first-order valence-electron chi connectivity index (χ1n) is 7.20. The van der Waals surface area contributed by atoms with Crippen molar-refractivity contribution in [2.24, 2.45) is 0 Å². The van der Waals surface area contributed by atoms with Crippen molar-refractivity contribution in [3.63, 3.8) is 0 Å². The molecule has 0 atom stereocenters. The van der Waals surface area contributed by atoms with Crippen LogP contribution in [0.15, 0.2) is 40.9 Å². The van der Waals surface area contributed by atoms with Gasteiger partial charge in [-0.3, -0.25) is 14.5 Å². The topological polar surface area (TPSA) is 80.9 Å². The molecule has 0 aromatic carbocycles. The Morgan fingerprint density at radius 1 is 1.30 bits per heavy atom. The number of hydrogen-bond acceptors (Lipinski definition) is 5. The number of aromatic nitrogens is 6. The maximum atomic E-state index is 12.9. The van der Waals surface area contributed by atoms with E-state index in [0.29, 0.717) is 11.5 Å². The zero-order valence-corrected chi connectivity index (χ0v) is 13.4. The Kier molecular flexibility index (Phi) is 3.12. The van der Waals surface area contributed by atoms with Gasteiger partial charge in [-0.05, 0) is 25.3 Å². The van der Waals surface area contributed by atoms with Crippen LogP contribution in [-0.4, -0.2) is 29.4 Å². The Hall–Kier alpha value is -2.74. The van der Waals surface area contributed by atoms with E-state index in [1.54, 1.807) is 39.0 Å². The lowest BCUT2D eigenvalue weighted by Crippen LogP contribution is -2.27. The molecule has 7 nitrogen and oxygen atoms in total. The van der Waals surface area contributed by atoms with Crippen molar-refractivity contribution >= 4 is 17.0 Å². The summed E-state index contributed by atoms with van der Waals surface area (Å²) >= 11 is 1.56. The van der Waals surface area contributed by atoms with Gasteiger partial charge in [-0.2, -0.15) is 5.10 Å². The molecule has 116 valence electrons. The van der Waals surface area contributed by atoms with E-state index < -0.39 is 0 Å². The molecule has 0 bridgehead atoms. The number of H-pyrrole nitrogens is 1. The highest BCUT2D eigenvalue weighted by Gasteiger charge is 2.19. The Labute approximate surface area is 135 Å². The third kappa shape index (κ3) is 2.10. The predicted octanol–water partition coefficient (Wildman–Crippen LogP) is 2.59. The number of fused-ring (bicyclic) bond motifs is 1. The Morgan fingerprint density at radius 2 is 2.17 bits per heavy atom. The van der Waals surface area contributed by atoms with E-state index in [1.807, 2.05) is 31.4 Å². The second kappa shape index (κ2) is 5.17. The minimum absolute atomic E-state index is 0.00817. The molecule has 23 heavy (non-hydrogen) atoms. The highest BCUT2D eigenvalue weighted by molar-refractivity contribution is 7.13. The molecule has 0 aliphatic carbocycles. The summed E-state index contributed by atoms with van der Waals surface area (Å²) in [6.45, 7) is 3.94. The van der Waals surface area contributed by atoms with Gasteiger partial charge in [0.05, 0.1) is 23.0 Å². The summed E-state index contributed by atoms with van der Waals surface area (Å²) < 4.78 is 3.29. The molecule has 4 aromatic rings. The summed E-state index contributed by atoms with van der Waals surface area (Å²) in [7, 11) is 0. The molecule has 0 radical (unpaired) electrons. The van der Waals surface area contributed by atoms with Gasteiger partial charge in [0.15, 0.2) is 5.82 Å². The third-order valence-electron chi connectivity index (χ3n) is 3.62. The largest absolute Gasteiger partial charge is 0.297 e. The lowest BCUT2D eigenvalue weighted by Gasteiger charge is -2.14. The summed E-state index contributed by atoms with van der Waals surface area (Å²) in [6, 6.07) is 3.91.